The molecule has 1 atom stereocenters. The van der Waals surface area contributed by atoms with Crippen LogP contribution in [0.5, 0.6) is 0 Å². The van der Waals surface area contributed by atoms with Crippen LogP contribution >= 0.6 is 0 Å². The number of nitrogens with one attached hydrogen (secondary N) is 1. The molecule has 1 aromatic carbocycles. The molecule has 1 aliphatic heterocycles. The molecule has 1 saturated heterocycles. The molecule has 0 bridgehead atoms. The first-order chi connectivity index (χ1) is 12.5. The number of carbonyl (C=O) groups excluding carboxylic acids is 1. The van der Waals surface area contributed by atoms with Crippen molar-refractivity contribution in [2.45, 2.75) is 44.1 Å². The normalized spacial score (nSPS) is 20.9. The van der Waals surface area contributed by atoms with E-state index in [2.05, 4.69) is 15.3 Å². The number of rotatable bonds is 4. The molecule has 136 valence electrons. The average molecular weight is 354 g/mol. The number of aryl methyl sites for hydroxylation is 1. The highest BCUT2D eigenvalue weighted by Crippen LogP contribution is 2.52. The highest BCUT2D eigenvalue weighted by atomic mass is 19.1. The summed E-state index contributed by atoms with van der Waals surface area (Å²) in [6.45, 7) is 2.55. The molecule has 26 heavy (non-hydrogen) atoms. The van der Waals surface area contributed by atoms with E-state index in [1.807, 2.05) is 24.9 Å². The van der Waals surface area contributed by atoms with Gasteiger partial charge in [-0.2, -0.15) is 0 Å². The van der Waals surface area contributed by atoms with Gasteiger partial charge in [0.15, 0.2) is 0 Å². The van der Waals surface area contributed by atoms with E-state index >= 15 is 0 Å². The minimum absolute atomic E-state index is 0.0346. The summed E-state index contributed by atoms with van der Waals surface area (Å²) in [7, 11) is 1.82. The molecule has 1 amide bonds. The van der Waals surface area contributed by atoms with Gasteiger partial charge in [0.1, 0.15) is 17.5 Å². The zero-order valence-electron chi connectivity index (χ0n) is 15.1. The van der Waals surface area contributed by atoms with E-state index in [4.69, 9.17) is 0 Å². The third-order valence-electron chi connectivity index (χ3n) is 5.52. The van der Waals surface area contributed by atoms with Gasteiger partial charge in [0.25, 0.3) is 0 Å². The van der Waals surface area contributed by atoms with Gasteiger partial charge < -0.3 is 10.2 Å². The zero-order chi connectivity index (χ0) is 18.3. The number of benzene rings is 1. The van der Waals surface area contributed by atoms with Crippen molar-refractivity contribution in [2.24, 2.45) is 0 Å². The maximum atomic E-state index is 14.3. The molecule has 1 saturated carbocycles. The predicted molar refractivity (Wildman–Crippen MR) is 97.3 cm³/mol. The van der Waals surface area contributed by atoms with Gasteiger partial charge in [-0.25, -0.2) is 14.4 Å². The van der Waals surface area contributed by atoms with Crippen molar-refractivity contribution in [2.75, 3.05) is 18.9 Å². The minimum Gasteiger partial charge on any atom is -0.373 e. The molecule has 1 aromatic heterocycles. The van der Waals surface area contributed by atoms with E-state index < -0.39 is 5.41 Å². The predicted octanol–water partition coefficient (Wildman–Crippen LogP) is 3.36. The van der Waals surface area contributed by atoms with Crippen LogP contribution < -0.4 is 5.32 Å². The quantitative estimate of drug-likeness (QED) is 0.915. The topological polar surface area (TPSA) is 58.1 Å². The number of anilines is 1. The molecule has 1 N–H and O–H groups in total. The number of hydrogen-bond donors (Lipinski definition) is 1. The van der Waals surface area contributed by atoms with E-state index in [-0.39, 0.29) is 17.8 Å². The summed E-state index contributed by atoms with van der Waals surface area (Å²) >= 11 is 0. The summed E-state index contributed by atoms with van der Waals surface area (Å²) in [4.78, 5) is 24.2. The molecule has 2 heterocycles. The Bertz CT molecular complexity index is 849. The fourth-order valence-electron chi connectivity index (χ4n) is 4.05. The van der Waals surface area contributed by atoms with Gasteiger partial charge in [-0.05, 0) is 38.7 Å². The van der Waals surface area contributed by atoms with E-state index in [0.29, 0.717) is 30.8 Å². The van der Waals surface area contributed by atoms with E-state index in [1.165, 1.54) is 6.07 Å². The van der Waals surface area contributed by atoms with Crippen LogP contribution in [-0.4, -0.2) is 34.4 Å². The van der Waals surface area contributed by atoms with Gasteiger partial charge in [0, 0.05) is 25.2 Å². The molecule has 2 aromatic rings. The number of likely N-dealkylation sites (tertiary alicyclic amines) is 1. The van der Waals surface area contributed by atoms with Crippen molar-refractivity contribution in [3.05, 3.63) is 53.2 Å². The first-order valence-electron chi connectivity index (χ1n) is 9.14. The van der Waals surface area contributed by atoms with Crippen LogP contribution in [0.15, 0.2) is 30.3 Å². The molecule has 0 spiro atoms. The smallest absolute Gasteiger partial charge is 0.233 e. The van der Waals surface area contributed by atoms with E-state index in [9.17, 15) is 9.18 Å². The molecule has 6 heteroatoms. The number of carbonyl (C=O) groups is 1. The van der Waals surface area contributed by atoms with Crippen LogP contribution in [-0.2, 0) is 10.2 Å². The molecule has 1 aliphatic carbocycles. The van der Waals surface area contributed by atoms with Crippen molar-refractivity contribution in [3.8, 4) is 0 Å². The number of halogens is 1. The Morgan fingerprint density at radius 3 is 2.77 bits per heavy atom. The standard InChI is InChI=1S/C20H23FN4O/c1-13-23-16(12-18(22-2)24-13)17-8-5-11-25(17)19(26)20(9-10-20)14-6-3-4-7-15(14)21/h3-4,6-7,12,17H,5,8-11H2,1-2H3,(H,22,23,24)/t17-/m1/s1. The maximum absolute atomic E-state index is 14.3. The molecule has 2 aliphatic rings. The fraction of sp³-hybridized carbons (Fsp3) is 0.450. The lowest BCUT2D eigenvalue weighted by Crippen LogP contribution is -2.39. The molecule has 0 unspecified atom stereocenters. The largest absolute Gasteiger partial charge is 0.373 e. The van der Waals surface area contributed by atoms with Gasteiger partial charge in [-0.1, -0.05) is 18.2 Å². The Labute approximate surface area is 152 Å². The summed E-state index contributed by atoms with van der Waals surface area (Å²) in [5, 5.41) is 3.05. The third-order valence-corrected chi connectivity index (χ3v) is 5.52. The van der Waals surface area contributed by atoms with Crippen LogP contribution in [0.4, 0.5) is 10.2 Å². The van der Waals surface area contributed by atoms with Gasteiger partial charge in [-0.3, -0.25) is 4.79 Å². The van der Waals surface area contributed by atoms with Crippen LogP contribution in [0.1, 0.15) is 48.8 Å². The fourth-order valence-corrected chi connectivity index (χ4v) is 4.05. The number of aromatic nitrogens is 2. The SMILES string of the molecule is CNc1cc([C@H]2CCCN2C(=O)C2(c3ccccc3F)CC2)nc(C)n1. The van der Waals surface area contributed by atoms with Crippen molar-refractivity contribution < 1.29 is 9.18 Å². The number of nitrogens with zero attached hydrogens (tertiary/aromatic N) is 3. The van der Waals surface area contributed by atoms with Crippen molar-refractivity contribution in [1.29, 1.82) is 0 Å². The molecule has 2 fully saturated rings. The van der Waals surface area contributed by atoms with Gasteiger partial charge in [0.05, 0.1) is 17.2 Å². The molecule has 0 radical (unpaired) electrons. The Balaban J connectivity index is 1.66. The monoisotopic (exact) mass is 354 g/mol. The van der Waals surface area contributed by atoms with E-state index in [1.54, 1.807) is 18.2 Å². The first kappa shape index (κ1) is 16.9. The lowest BCUT2D eigenvalue weighted by molar-refractivity contribution is -0.135. The summed E-state index contributed by atoms with van der Waals surface area (Å²) in [5.41, 5.74) is 0.699. The zero-order valence-corrected chi connectivity index (χ0v) is 15.1. The molecular weight excluding hydrogens is 331 g/mol. The summed E-state index contributed by atoms with van der Waals surface area (Å²) in [6, 6.07) is 8.50. The Hall–Kier alpha value is -2.50. The third kappa shape index (κ3) is 2.73. The van der Waals surface area contributed by atoms with Crippen LogP contribution in [0.25, 0.3) is 0 Å². The van der Waals surface area contributed by atoms with Crippen LogP contribution in [0, 0.1) is 12.7 Å². The number of hydrogen-bond acceptors (Lipinski definition) is 4. The average Bonchev–Trinajstić information content (AvgIpc) is 3.29. The second-order valence-electron chi connectivity index (χ2n) is 7.19. The van der Waals surface area contributed by atoms with Gasteiger partial charge in [0.2, 0.25) is 5.91 Å². The summed E-state index contributed by atoms with van der Waals surface area (Å²) in [5.74, 6) is 1.18. The van der Waals surface area contributed by atoms with Gasteiger partial charge >= 0.3 is 0 Å². The minimum atomic E-state index is -0.693. The summed E-state index contributed by atoms with van der Waals surface area (Å²) in [6.07, 6.45) is 3.22. The molecule has 4 rings (SSSR count). The Morgan fingerprint density at radius 2 is 2.08 bits per heavy atom. The van der Waals surface area contributed by atoms with E-state index in [0.717, 1.165) is 24.4 Å². The van der Waals surface area contributed by atoms with Crippen molar-refractivity contribution in [3.63, 3.8) is 0 Å². The lowest BCUT2D eigenvalue weighted by atomic mass is 9.93. The Kier molecular flexibility index (Phi) is 4.13. The van der Waals surface area contributed by atoms with Gasteiger partial charge in [-0.15, -0.1) is 0 Å². The second-order valence-corrected chi connectivity index (χ2v) is 7.19. The van der Waals surface area contributed by atoms with Crippen LogP contribution in [0.3, 0.4) is 0 Å². The molecular formula is C20H23FN4O. The second kappa shape index (κ2) is 6.34. The van der Waals surface area contributed by atoms with Crippen LogP contribution in [0.2, 0.25) is 0 Å². The van der Waals surface area contributed by atoms with Crippen molar-refractivity contribution in [1.82, 2.24) is 14.9 Å². The first-order valence-corrected chi connectivity index (χ1v) is 9.14. The molecule has 5 nitrogen and oxygen atoms in total. The summed E-state index contributed by atoms with van der Waals surface area (Å²) < 4.78 is 14.3. The highest BCUT2D eigenvalue weighted by Gasteiger charge is 2.55. The maximum Gasteiger partial charge on any atom is 0.233 e. The Morgan fingerprint density at radius 1 is 1.31 bits per heavy atom. The number of amides is 1. The highest BCUT2D eigenvalue weighted by molar-refractivity contribution is 5.92. The lowest BCUT2D eigenvalue weighted by Gasteiger charge is -2.29. The van der Waals surface area contributed by atoms with Crippen molar-refractivity contribution >= 4 is 11.7 Å².